The molecule has 1 N–H and O–H groups in total. The Kier molecular flexibility index (Phi) is 3.66. The molecule has 1 amide bonds. The lowest BCUT2D eigenvalue weighted by atomic mass is 9.87. The molecule has 1 aliphatic carbocycles. The van der Waals surface area contributed by atoms with Crippen LogP contribution in [0.1, 0.15) is 42.5 Å². The normalized spacial score (nSPS) is 22.9. The minimum absolute atomic E-state index is 0.0317. The minimum atomic E-state index is -0.231. The first-order chi connectivity index (χ1) is 11.5. The number of carbonyl (C=O) groups is 1. The average Bonchev–Trinajstić information content (AvgIpc) is 2.93. The summed E-state index contributed by atoms with van der Waals surface area (Å²) in [4.78, 5) is 22.9. The number of hydrogen-bond donors (Lipinski definition) is 1. The van der Waals surface area contributed by atoms with Crippen LogP contribution in [0.15, 0.2) is 18.2 Å². The Balaban J connectivity index is 1.63. The molecule has 2 atom stereocenters. The van der Waals surface area contributed by atoms with Crippen LogP contribution in [-0.4, -0.2) is 21.9 Å². The van der Waals surface area contributed by atoms with E-state index in [0.29, 0.717) is 0 Å². The van der Waals surface area contributed by atoms with Crippen molar-refractivity contribution in [1.29, 1.82) is 0 Å². The fraction of sp³-hybridized carbons (Fsp3) is 0.474. The van der Waals surface area contributed by atoms with E-state index in [-0.39, 0.29) is 23.7 Å². The fourth-order valence-corrected chi connectivity index (χ4v) is 4.09. The number of H-pyrrole nitrogens is 1. The highest BCUT2D eigenvalue weighted by Gasteiger charge is 2.35. The molecule has 4 nitrogen and oxygen atoms in total. The molecular weight excluding hydrogens is 305 g/mol. The third-order valence-corrected chi connectivity index (χ3v) is 5.32. The topological polar surface area (TPSA) is 49.0 Å². The van der Waals surface area contributed by atoms with Crippen LogP contribution in [0.3, 0.4) is 0 Å². The van der Waals surface area contributed by atoms with E-state index in [9.17, 15) is 9.18 Å². The number of imidazole rings is 1. The molecule has 5 heteroatoms. The van der Waals surface area contributed by atoms with Crippen LogP contribution in [0, 0.1) is 18.7 Å². The van der Waals surface area contributed by atoms with Crippen LogP contribution in [0.4, 0.5) is 10.1 Å². The zero-order valence-corrected chi connectivity index (χ0v) is 14.1. The molecule has 0 saturated carbocycles. The summed E-state index contributed by atoms with van der Waals surface area (Å²) in [6, 6.07) is 4.93. The van der Waals surface area contributed by atoms with Crippen LogP contribution in [-0.2, 0) is 24.1 Å². The van der Waals surface area contributed by atoms with E-state index >= 15 is 0 Å². The van der Waals surface area contributed by atoms with Crippen molar-refractivity contribution in [3.8, 4) is 0 Å². The summed E-state index contributed by atoms with van der Waals surface area (Å²) in [7, 11) is 0. The minimum Gasteiger partial charge on any atom is -0.346 e. The van der Waals surface area contributed by atoms with Gasteiger partial charge in [-0.15, -0.1) is 0 Å². The summed E-state index contributed by atoms with van der Waals surface area (Å²) in [5.41, 5.74) is 4.02. The van der Waals surface area contributed by atoms with Crippen LogP contribution in [0.25, 0.3) is 0 Å². The van der Waals surface area contributed by atoms with Gasteiger partial charge in [0.2, 0.25) is 5.91 Å². The van der Waals surface area contributed by atoms with E-state index in [1.54, 1.807) is 12.1 Å². The molecule has 2 unspecified atom stereocenters. The molecule has 24 heavy (non-hydrogen) atoms. The highest BCUT2D eigenvalue weighted by atomic mass is 19.1. The molecular formula is C19H22FN3O. The Hall–Kier alpha value is -2.17. The number of amides is 1. The number of halogens is 1. The summed E-state index contributed by atoms with van der Waals surface area (Å²) in [5.74, 6) is 0.815. The van der Waals surface area contributed by atoms with Gasteiger partial charge in [0.15, 0.2) is 0 Å². The predicted octanol–water partition coefficient (Wildman–Crippen LogP) is 3.33. The van der Waals surface area contributed by atoms with Gasteiger partial charge in [0.25, 0.3) is 0 Å². The van der Waals surface area contributed by atoms with Crippen molar-refractivity contribution in [2.24, 2.45) is 5.92 Å². The summed E-state index contributed by atoms with van der Waals surface area (Å²) >= 11 is 0. The molecule has 0 saturated heterocycles. The number of aromatic nitrogens is 2. The van der Waals surface area contributed by atoms with Crippen LogP contribution in [0.5, 0.6) is 0 Å². The molecule has 1 aromatic carbocycles. The van der Waals surface area contributed by atoms with E-state index in [1.165, 1.54) is 6.07 Å². The highest BCUT2D eigenvalue weighted by molar-refractivity contribution is 5.97. The zero-order chi connectivity index (χ0) is 16.8. The summed E-state index contributed by atoms with van der Waals surface area (Å²) in [6.07, 6.45) is 4.09. The molecule has 1 aliphatic heterocycles. The number of aryl methyl sites for hydroxylation is 3. The van der Waals surface area contributed by atoms with Crippen LogP contribution >= 0.6 is 0 Å². The quantitative estimate of drug-likeness (QED) is 0.873. The predicted molar refractivity (Wildman–Crippen MR) is 90.5 cm³/mol. The molecule has 0 fully saturated rings. The number of nitrogens with zero attached hydrogens (tertiary/aromatic N) is 2. The lowest BCUT2D eigenvalue weighted by Crippen LogP contribution is -2.46. The van der Waals surface area contributed by atoms with Crippen molar-refractivity contribution in [3.63, 3.8) is 0 Å². The number of rotatable bonds is 1. The second kappa shape index (κ2) is 5.72. The number of carbonyl (C=O) groups excluding carboxylic acids is 1. The van der Waals surface area contributed by atoms with E-state index in [1.807, 2.05) is 11.8 Å². The summed E-state index contributed by atoms with van der Waals surface area (Å²) < 4.78 is 13.5. The second-order valence-electron chi connectivity index (χ2n) is 7.06. The Morgan fingerprint density at radius 2 is 2.17 bits per heavy atom. The maximum atomic E-state index is 13.5. The molecule has 1 aromatic heterocycles. The number of benzene rings is 1. The lowest BCUT2D eigenvalue weighted by Gasteiger charge is -2.38. The largest absolute Gasteiger partial charge is 0.346 e. The van der Waals surface area contributed by atoms with E-state index < -0.39 is 0 Å². The van der Waals surface area contributed by atoms with Gasteiger partial charge in [-0.3, -0.25) is 4.79 Å². The lowest BCUT2D eigenvalue weighted by molar-refractivity contribution is -0.123. The molecule has 0 radical (unpaired) electrons. The Bertz CT molecular complexity index is 798. The Labute approximate surface area is 141 Å². The van der Waals surface area contributed by atoms with Gasteiger partial charge in [0, 0.05) is 29.8 Å². The smallest absolute Gasteiger partial charge is 0.230 e. The maximum absolute atomic E-state index is 13.5. The van der Waals surface area contributed by atoms with Gasteiger partial charge in [-0.2, -0.15) is 0 Å². The zero-order valence-electron chi connectivity index (χ0n) is 14.1. The maximum Gasteiger partial charge on any atom is 0.230 e. The van der Waals surface area contributed by atoms with Crippen molar-refractivity contribution in [3.05, 3.63) is 46.8 Å². The summed E-state index contributed by atoms with van der Waals surface area (Å²) in [6.45, 7) is 4.03. The number of fused-ring (bicyclic) bond motifs is 2. The van der Waals surface area contributed by atoms with Gasteiger partial charge in [-0.05, 0) is 63.3 Å². The molecule has 2 aromatic rings. The standard InChI is InChI=1S/C19H22FN3O/c1-11-3-4-13-9-15(20)6-8-18(13)23(11)19(24)14-5-7-16-17(10-14)22-12(2)21-16/h6,8-9,11,14H,3-5,7,10H2,1-2H3,(H,21,22). The van der Waals surface area contributed by atoms with Crippen molar-refractivity contribution < 1.29 is 9.18 Å². The van der Waals surface area contributed by atoms with Gasteiger partial charge >= 0.3 is 0 Å². The number of hydrogen-bond acceptors (Lipinski definition) is 2. The first-order valence-corrected chi connectivity index (χ1v) is 8.69. The highest BCUT2D eigenvalue weighted by Crippen LogP contribution is 2.34. The van der Waals surface area contributed by atoms with Crippen molar-refractivity contribution in [2.75, 3.05) is 4.90 Å². The third kappa shape index (κ3) is 2.52. The molecule has 4 rings (SSSR count). The van der Waals surface area contributed by atoms with Gasteiger partial charge in [0.1, 0.15) is 11.6 Å². The van der Waals surface area contributed by atoms with Crippen molar-refractivity contribution in [2.45, 2.75) is 52.0 Å². The number of anilines is 1. The van der Waals surface area contributed by atoms with E-state index in [2.05, 4.69) is 16.9 Å². The molecule has 0 spiro atoms. The van der Waals surface area contributed by atoms with Gasteiger partial charge < -0.3 is 9.88 Å². The monoisotopic (exact) mass is 327 g/mol. The molecule has 0 bridgehead atoms. The third-order valence-electron chi connectivity index (χ3n) is 5.32. The summed E-state index contributed by atoms with van der Waals surface area (Å²) in [5, 5.41) is 0. The van der Waals surface area contributed by atoms with E-state index in [0.717, 1.165) is 60.6 Å². The van der Waals surface area contributed by atoms with Crippen LogP contribution < -0.4 is 4.90 Å². The van der Waals surface area contributed by atoms with Gasteiger partial charge in [0.05, 0.1) is 5.69 Å². The van der Waals surface area contributed by atoms with Crippen molar-refractivity contribution in [1.82, 2.24) is 9.97 Å². The van der Waals surface area contributed by atoms with Gasteiger partial charge in [-0.25, -0.2) is 9.37 Å². The first kappa shape index (κ1) is 15.4. The Morgan fingerprint density at radius 1 is 1.33 bits per heavy atom. The first-order valence-electron chi connectivity index (χ1n) is 8.69. The van der Waals surface area contributed by atoms with Crippen molar-refractivity contribution >= 4 is 11.6 Å². The SMILES string of the molecule is Cc1nc2c([nH]1)CC(C(=O)N1c3ccc(F)cc3CCC1C)CC2. The average molecular weight is 327 g/mol. The fourth-order valence-electron chi connectivity index (χ4n) is 4.09. The second-order valence-corrected chi connectivity index (χ2v) is 7.06. The number of nitrogens with one attached hydrogen (secondary N) is 1. The van der Waals surface area contributed by atoms with Crippen LogP contribution in [0.2, 0.25) is 0 Å². The molecule has 2 heterocycles. The molecule has 126 valence electrons. The Morgan fingerprint density at radius 3 is 3.00 bits per heavy atom. The number of aromatic amines is 1. The molecule has 2 aliphatic rings. The van der Waals surface area contributed by atoms with Gasteiger partial charge in [-0.1, -0.05) is 0 Å². The van der Waals surface area contributed by atoms with E-state index in [4.69, 9.17) is 0 Å².